The Morgan fingerprint density at radius 2 is 2.30 bits per heavy atom. The van der Waals surface area contributed by atoms with Gasteiger partial charge in [0.05, 0.1) is 22.7 Å². The lowest BCUT2D eigenvalue weighted by atomic mass is 10.1. The van der Waals surface area contributed by atoms with E-state index in [2.05, 4.69) is 25.4 Å². The van der Waals surface area contributed by atoms with Gasteiger partial charge in [0.1, 0.15) is 0 Å². The summed E-state index contributed by atoms with van der Waals surface area (Å²) in [5.41, 5.74) is 2.40. The molecule has 4 N–H and O–H groups in total. The van der Waals surface area contributed by atoms with Gasteiger partial charge >= 0.3 is 0 Å². The predicted octanol–water partition coefficient (Wildman–Crippen LogP) is 0.193. The van der Waals surface area contributed by atoms with Crippen LogP contribution in [0.5, 0.6) is 0 Å². The fraction of sp³-hybridized carbons (Fsp3) is 0.100. The number of non-ortho nitro benzene ring substituents is 1. The third-order valence-corrected chi connectivity index (χ3v) is 2.43. The van der Waals surface area contributed by atoms with Gasteiger partial charge in [-0.05, 0) is 6.07 Å². The number of hydrogen-bond donors (Lipinski definition) is 3. The summed E-state index contributed by atoms with van der Waals surface area (Å²) >= 11 is 0. The molecule has 0 bridgehead atoms. The fourth-order valence-electron chi connectivity index (χ4n) is 1.48. The minimum absolute atomic E-state index is 0.0298. The van der Waals surface area contributed by atoms with Gasteiger partial charge in [-0.1, -0.05) is 5.16 Å². The van der Waals surface area contributed by atoms with Crippen molar-refractivity contribution in [1.82, 2.24) is 15.5 Å². The molecule has 0 atom stereocenters. The van der Waals surface area contributed by atoms with Crippen LogP contribution in [-0.4, -0.2) is 21.0 Å². The summed E-state index contributed by atoms with van der Waals surface area (Å²) in [4.78, 5) is 25.8. The van der Waals surface area contributed by atoms with Crippen molar-refractivity contribution in [3.05, 3.63) is 46.1 Å². The minimum Gasteiger partial charge on any atom is -0.345 e. The molecule has 0 aliphatic carbocycles. The molecule has 10 nitrogen and oxygen atoms in total. The molecule has 0 radical (unpaired) electrons. The zero-order valence-corrected chi connectivity index (χ0v) is 10.1. The van der Waals surface area contributed by atoms with Crippen LogP contribution in [0, 0.1) is 10.1 Å². The van der Waals surface area contributed by atoms with Gasteiger partial charge < -0.3 is 15.3 Å². The van der Waals surface area contributed by atoms with Crippen LogP contribution in [0.4, 0.5) is 11.4 Å². The van der Waals surface area contributed by atoms with E-state index in [1.807, 2.05) is 0 Å². The van der Waals surface area contributed by atoms with Crippen LogP contribution < -0.4 is 16.6 Å². The number of rotatable bonds is 5. The van der Waals surface area contributed by atoms with Gasteiger partial charge in [-0.15, -0.1) is 0 Å². The summed E-state index contributed by atoms with van der Waals surface area (Å²) in [6, 6.07) is 3.72. The van der Waals surface area contributed by atoms with Crippen LogP contribution in [0.1, 0.15) is 16.2 Å². The van der Waals surface area contributed by atoms with E-state index in [0.29, 0.717) is 0 Å². The number of anilines is 1. The van der Waals surface area contributed by atoms with Crippen LogP contribution in [0.15, 0.2) is 29.1 Å². The maximum Gasteiger partial charge on any atom is 0.270 e. The first-order valence-electron chi connectivity index (χ1n) is 5.40. The molecule has 0 aliphatic heterocycles. The Hall–Kier alpha value is -3.01. The van der Waals surface area contributed by atoms with Crippen LogP contribution in [0.2, 0.25) is 0 Å². The number of nitrogens with one attached hydrogen (secondary N) is 2. The van der Waals surface area contributed by atoms with E-state index in [1.54, 1.807) is 0 Å². The van der Waals surface area contributed by atoms with E-state index in [-0.39, 0.29) is 29.3 Å². The molecular weight excluding hydrogens is 268 g/mol. The van der Waals surface area contributed by atoms with E-state index in [0.717, 1.165) is 12.5 Å². The second-order valence-electron chi connectivity index (χ2n) is 3.66. The van der Waals surface area contributed by atoms with Crippen molar-refractivity contribution in [1.29, 1.82) is 0 Å². The smallest absolute Gasteiger partial charge is 0.270 e. The van der Waals surface area contributed by atoms with Crippen molar-refractivity contribution in [2.45, 2.75) is 6.54 Å². The van der Waals surface area contributed by atoms with Crippen molar-refractivity contribution in [2.24, 2.45) is 5.84 Å². The number of carbonyl (C=O) groups excluding carboxylic acids is 1. The van der Waals surface area contributed by atoms with Crippen molar-refractivity contribution in [3.63, 3.8) is 0 Å². The summed E-state index contributed by atoms with van der Waals surface area (Å²) < 4.78 is 4.51. The monoisotopic (exact) mass is 278 g/mol. The number of aromatic nitrogens is 2. The number of amides is 1. The van der Waals surface area contributed by atoms with Crippen LogP contribution >= 0.6 is 0 Å². The molecule has 1 heterocycles. The molecule has 20 heavy (non-hydrogen) atoms. The molecule has 0 saturated heterocycles. The third-order valence-electron chi connectivity index (χ3n) is 2.43. The average molecular weight is 278 g/mol. The number of nitrogens with zero attached hydrogens (tertiary/aromatic N) is 3. The lowest BCUT2D eigenvalue weighted by Gasteiger charge is -2.08. The SMILES string of the molecule is NNc1ccc([N+](=O)[O-])cc1C(=O)NCc1ncon1. The second-order valence-corrected chi connectivity index (χ2v) is 3.66. The van der Waals surface area contributed by atoms with Crippen LogP contribution in [0.3, 0.4) is 0 Å². The molecule has 1 aromatic heterocycles. The van der Waals surface area contributed by atoms with Crippen molar-refractivity contribution >= 4 is 17.3 Å². The molecule has 0 fully saturated rings. The van der Waals surface area contributed by atoms with E-state index in [4.69, 9.17) is 5.84 Å². The number of nitrogen functional groups attached to an aromatic ring is 1. The molecule has 0 spiro atoms. The van der Waals surface area contributed by atoms with E-state index in [9.17, 15) is 14.9 Å². The Morgan fingerprint density at radius 3 is 2.90 bits per heavy atom. The topological polar surface area (TPSA) is 149 Å². The van der Waals surface area contributed by atoms with Gasteiger partial charge in [-0.3, -0.25) is 20.8 Å². The number of nitro groups is 1. The third kappa shape index (κ3) is 2.87. The van der Waals surface area contributed by atoms with Crippen molar-refractivity contribution in [2.75, 3.05) is 5.43 Å². The first-order valence-corrected chi connectivity index (χ1v) is 5.40. The molecular formula is C10H10N6O4. The summed E-state index contributed by atoms with van der Waals surface area (Å²) in [6.45, 7) is 0.0298. The molecule has 0 saturated carbocycles. The first-order chi connectivity index (χ1) is 9.61. The molecule has 0 unspecified atom stereocenters. The van der Waals surface area contributed by atoms with Gasteiger partial charge in [0.25, 0.3) is 11.6 Å². The quantitative estimate of drug-likeness (QED) is 0.398. The molecule has 104 valence electrons. The molecule has 1 amide bonds. The number of nitro benzene ring substituents is 1. The van der Waals surface area contributed by atoms with Crippen LogP contribution in [0.25, 0.3) is 0 Å². The largest absolute Gasteiger partial charge is 0.345 e. The lowest BCUT2D eigenvalue weighted by Crippen LogP contribution is -2.25. The highest BCUT2D eigenvalue weighted by Crippen LogP contribution is 2.21. The highest BCUT2D eigenvalue weighted by molar-refractivity contribution is 6.00. The minimum atomic E-state index is -0.601. The van der Waals surface area contributed by atoms with E-state index < -0.39 is 10.8 Å². The standard InChI is InChI=1S/C10H10N6O4/c11-14-8-2-1-6(16(18)19)3-7(8)10(17)12-4-9-13-5-20-15-9/h1-3,5,14H,4,11H2,(H,12,17). The normalized spacial score (nSPS) is 10.1. The van der Waals surface area contributed by atoms with Crippen LogP contribution in [-0.2, 0) is 6.54 Å². The zero-order chi connectivity index (χ0) is 14.5. The zero-order valence-electron chi connectivity index (χ0n) is 10.1. The van der Waals surface area contributed by atoms with Crippen molar-refractivity contribution < 1.29 is 14.2 Å². The number of nitrogens with two attached hydrogens (primary N) is 1. The second kappa shape index (κ2) is 5.75. The van der Waals surface area contributed by atoms with Gasteiger partial charge in [-0.2, -0.15) is 4.98 Å². The molecule has 10 heteroatoms. The Morgan fingerprint density at radius 1 is 1.50 bits per heavy atom. The van der Waals surface area contributed by atoms with Gasteiger partial charge in [-0.25, -0.2) is 0 Å². The first kappa shape index (κ1) is 13.4. The maximum absolute atomic E-state index is 12.0. The number of hydrogen-bond acceptors (Lipinski definition) is 8. The molecule has 0 aliphatic rings. The maximum atomic E-state index is 12.0. The molecule has 2 aromatic rings. The highest BCUT2D eigenvalue weighted by Gasteiger charge is 2.16. The van der Waals surface area contributed by atoms with Gasteiger partial charge in [0.2, 0.25) is 6.39 Å². The van der Waals surface area contributed by atoms with Crippen molar-refractivity contribution in [3.8, 4) is 0 Å². The average Bonchev–Trinajstić information content (AvgIpc) is 2.97. The summed E-state index contributed by atoms with van der Waals surface area (Å²) in [6.07, 6.45) is 1.13. The summed E-state index contributed by atoms with van der Waals surface area (Å²) in [5, 5.41) is 16.7. The Labute approximate surface area is 112 Å². The molecule has 2 rings (SSSR count). The van der Waals surface area contributed by atoms with E-state index in [1.165, 1.54) is 12.1 Å². The van der Waals surface area contributed by atoms with Gasteiger partial charge in [0, 0.05) is 12.1 Å². The number of carbonyl (C=O) groups is 1. The summed E-state index contributed by atoms with van der Waals surface area (Å²) in [5.74, 6) is 5.00. The number of benzene rings is 1. The number of hydrazine groups is 1. The summed E-state index contributed by atoms with van der Waals surface area (Å²) in [7, 11) is 0. The fourth-order valence-corrected chi connectivity index (χ4v) is 1.48. The van der Waals surface area contributed by atoms with E-state index >= 15 is 0 Å². The highest BCUT2D eigenvalue weighted by atomic mass is 16.6. The lowest BCUT2D eigenvalue weighted by molar-refractivity contribution is -0.384. The predicted molar refractivity (Wildman–Crippen MR) is 66.4 cm³/mol. The Kier molecular flexibility index (Phi) is 3.86. The Balaban J connectivity index is 2.18. The Bertz CT molecular complexity index is 627. The molecule has 1 aromatic carbocycles. The van der Waals surface area contributed by atoms with Gasteiger partial charge in [0.15, 0.2) is 5.82 Å².